The van der Waals surface area contributed by atoms with Gasteiger partial charge in [-0.25, -0.2) is 4.98 Å². The minimum Gasteiger partial charge on any atom is -0.493 e. The summed E-state index contributed by atoms with van der Waals surface area (Å²) in [7, 11) is 3.24. The van der Waals surface area contributed by atoms with Gasteiger partial charge in [-0.05, 0) is 30.3 Å². The third-order valence-corrected chi connectivity index (χ3v) is 3.86. The molecule has 1 aliphatic heterocycles. The molecule has 0 N–H and O–H groups in total. The van der Waals surface area contributed by atoms with E-state index in [1.54, 1.807) is 14.2 Å². The number of ether oxygens (including phenoxy) is 4. The van der Waals surface area contributed by atoms with E-state index >= 15 is 0 Å². The van der Waals surface area contributed by atoms with Gasteiger partial charge in [-0.2, -0.15) is 0 Å². The van der Waals surface area contributed by atoms with Gasteiger partial charge in [0.25, 0.3) is 0 Å². The maximum Gasteiger partial charge on any atom is 0.231 e. The first-order valence-electron chi connectivity index (χ1n) is 7.21. The lowest BCUT2D eigenvalue weighted by atomic mass is 10.1. The van der Waals surface area contributed by atoms with E-state index in [2.05, 4.69) is 0 Å². The Morgan fingerprint density at radius 3 is 2.43 bits per heavy atom. The van der Waals surface area contributed by atoms with E-state index in [1.165, 1.54) is 0 Å². The summed E-state index contributed by atoms with van der Waals surface area (Å²) in [6.07, 6.45) is 0. The van der Waals surface area contributed by atoms with Crippen LogP contribution in [0.4, 0.5) is 0 Å². The van der Waals surface area contributed by atoms with Gasteiger partial charge < -0.3 is 18.9 Å². The number of methoxy groups -OCH3 is 2. The molecule has 116 valence electrons. The van der Waals surface area contributed by atoms with Gasteiger partial charge in [-0.15, -0.1) is 0 Å². The Labute approximate surface area is 133 Å². The standard InChI is InChI=1S/C18H15NO4/c1-20-15-6-4-11(7-16(15)21-2)13-5-3-12-8-17-18(23-10-22-17)9-14(12)19-13/h3-9H,10H2,1-2H3. The minimum atomic E-state index is 0.258. The fourth-order valence-corrected chi connectivity index (χ4v) is 2.67. The third kappa shape index (κ3) is 2.30. The van der Waals surface area contributed by atoms with Crippen molar-refractivity contribution >= 4 is 10.9 Å². The highest BCUT2D eigenvalue weighted by Gasteiger charge is 2.15. The van der Waals surface area contributed by atoms with E-state index in [0.29, 0.717) is 11.5 Å². The minimum absolute atomic E-state index is 0.258. The summed E-state index contributed by atoms with van der Waals surface area (Å²) in [4.78, 5) is 4.72. The second kappa shape index (κ2) is 5.35. The van der Waals surface area contributed by atoms with Crippen molar-refractivity contribution < 1.29 is 18.9 Å². The van der Waals surface area contributed by atoms with Gasteiger partial charge in [0.05, 0.1) is 25.4 Å². The summed E-state index contributed by atoms with van der Waals surface area (Å²) >= 11 is 0. The maximum atomic E-state index is 5.42. The SMILES string of the molecule is COc1ccc(-c2ccc3cc4c(cc3n2)OCO4)cc1OC. The molecule has 2 aromatic carbocycles. The molecule has 23 heavy (non-hydrogen) atoms. The van der Waals surface area contributed by atoms with Crippen molar-refractivity contribution in [1.82, 2.24) is 4.98 Å². The van der Waals surface area contributed by atoms with Gasteiger partial charge in [0, 0.05) is 17.0 Å². The smallest absolute Gasteiger partial charge is 0.231 e. The molecule has 0 atom stereocenters. The lowest BCUT2D eigenvalue weighted by Crippen LogP contribution is -1.92. The molecule has 0 saturated carbocycles. The molecule has 1 aromatic heterocycles. The Kier molecular flexibility index (Phi) is 3.19. The molecule has 4 rings (SSSR count). The van der Waals surface area contributed by atoms with Crippen LogP contribution in [0.2, 0.25) is 0 Å². The molecule has 1 aliphatic rings. The topological polar surface area (TPSA) is 49.8 Å². The second-order valence-corrected chi connectivity index (χ2v) is 5.16. The summed E-state index contributed by atoms with van der Waals surface area (Å²) in [5.41, 5.74) is 2.68. The van der Waals surface area contributed by atoms with Crippen molar-refractivity contribution in [3.05, 3.63) is 42.5 Å². The van der Waals surface area contributed by atoms with Crippen LogP contribution in [-0.2, 0) is 0 Å². The first kappa shape index (κ1) is 13.7. The number of benzene rings is 2. The van der Waals surface area contributed by atoms with Crippen molar-refractivity contribution in [1.29, 1.82) is 0 Å². The Morgan fingerprint density at radius 2 is 1.65 bits per heavy atom. The zero-order valence-electron chi connectivity index (χ0n) is 12.8. The summed E-state index contributed by atoms with van der Waals surface area (Å²) in [5.74, 6) is 2.87. The van der Waals surface area contributed by atoms with Crippen molar-refractivity contribution in [2.24, 2.45) is 0 Å². The first-order valence-corrected chi connectivity index (χ1v) is 7.21. The normalized spacial score (nSPS) is 12.4. The highest BCUT2D eigenvalue weighted by molar-refractivity contribution is 5.85. The van der Waals surface area contributed by atoms with E-state index in [1.807, 2.05) is 42.5 Å². The number of hydrogen-bond acceptors (Lipinski definition) is 5. The molecule has 0 amide bonds. The summed E-state index contributed by atoms with van der Waals surface area (Å²) in [5, 5.41) is 1.01. The molecule has 5 heteroatoms. The molecule has 0 fully saturated rings. The van der Waals surface area contributed by atoms with Crippen LogP contribution in [0.1, 0.15) is 0 Å². The van der Waals surface area contributed by atoms with Gasteiger partial charge in [0.15, 0.2) is 23.0 Å². The van der Waals surface area contributed by atoms with Gasteiger partial charge in [-0.3, -0.25) is 0 Å². The van der Waals surface area contributed by atoms with Crippen LogP contribution in [-0.4, -0.2) is 26.0 Å². The number of rotatable bonds is 3. The number of aromatic nitrogens is 1. The highest BCUT2D eigenvalue weighted by atomic mass is 16.7. The number of nitrogens with zero attached hydrogens (tertiary/aromatic N) is 1. The van der Waals surface area contributed by atoms with Gasteiger partial charge in [0.2, 0.25) is 6.79 Å². The number of pyridine rings is 1. The van der Waals surface area contributed by atoms with E-state index in [0.717, 1.165) is 33.7 Å². The summed E-state index contributed by atoms with van der Waals surface area (Å²) < 4.78 is 21.4. The number of hydrogen-bond donors (Lipinski definition) is 0. The van der Waals surface area contributed by atoms with Crippen LogP contribution >= 0.6 is 0 Å². The van der Waals surface area contributed by atoms with Gasteiger partial charge >= 0.3 is 0 Å². The lowest BCUT2D eigenvalue weighted by molar-refractivity contribution is 0.174. The monoisotopic (exact) mass is 309 g/mol. The molecule has 5 nitrogen and oxygen atoms in total. The van der Waals surface area contributed by atoms with Crippen LogP contribution in [0.5, 0.6) is 23.0 Å². The van der Waals surface area contributed by atoms with E-state index < -0.39 is 0 Å². The highest BCUT2D eigenvalue weighted by Crippen LogP contribution is 2.37. The largest absolute Gasteiger partial charge is 0.493 e. The first-order chi connectivity index (χ1) is 11.3. The Bertz CT molecular complexity index is 892. The zero-order valence-corrected chi connectivity index (χ0v) is 12.8. The molecule has 0 bridgehead atoms. The van der Waals surface area contributed by atoms with Crippen molar-refractivity contribution in [3.8, 4) is 34.3 Å². The second-order valence-electron chi connectivity index (χ2n) is 5.16. The molecular weight excluding hydrogens is 294 g/mol. The molecular formula is C18H15NO4. The van der Waals surface area contributed by atoms with Gasteiger partial charge in [-0.1, -0.05) is 6.07 Å². The average molecular weight is 309 g/mol. The zero-order chi connectivity index (χ0) is 15.8. The van der Waals surface area contributed by atoms with E-state index in [4.69, 9.17) is 23.9 Å². The Balaban J connectivity index is 1.81. The molecule has 0 aliphatic carbocycles. The van der Waals surface area contributed by atoms with Crippen LogP contribution in [0.3, 0.4) is 0 Å². The summed E-state index contributed by atoms with van der Waals surface area (Å²) in [6, 6.07) is 13.6. The quantitative estimate of drug-likeness (QED) is 0.739. The van der Waals surface area contributed by atoms with Crippen LogP contribution in [0, 0.1) is 0 Å². The molecule has 0 saturated heterocycles. The van der Waals surface area contributed by atoms with Gasteiger partial charge in [0.1, 0.15) is 0 Å². The molecule has 0 unspecified atom stereocenters. The average Bonchev–Trinajstić information content (AvgIpc) is 3.05. The van der Waals surface area contributed by atoms with E-state index in [9.17, 15) is 0 Å². The van der Waals surface area contributed by atoms with Crippen molar-refractivity contribution in [2.75, 3.05) is 21.0 Å². The fraction of sp³-hybridized carbons (Fsp3) is 0.167. The van der Waals surface area contributed by atoms with E-state index in [-0.39, 0.29) is 6.79 Å². The summed E-state index contributed by atoms with van der Waals surface area (Å²) in [6.45, 7) is 0.258. The molecule has 3 aromatic rings. The predicted octanol–water partition coefficient (Wildman–Crippen LogP) is 3.65. The fourth-order valence-electron chi connectivity index (χ4n) is 2.67. The molecule has 0 radical (unpaired) electrons. The predicted molar refractivity (Wildman–Crippen MR) is 86.4 cm³/mol. The molecule has 0 spiro atoms. The third-order valence-electron chi connectivity index (χ3n) is 3.86. The lowest BCUT2D eigenvalue weighted by Gasteiger charge is -2.10. The Morgan fingerprint density at radius 1 is 0.870 bits per heavy atom. The van der Waals surface area contributed by atoms with Crippen LogP contribution in [0.25, 0.3) is 22.2 Å². The van der Waals surface area contributed by atoms with Crippen molar-refractivity contribution in [2.45, 2.75) is 0 Å². The molecule has 2 heterocycles. The van der Waals surface area contributed by atoms with Crippen LogP contribution in [0.15, 0.2) is 42.5 Å². The van der Waals surface area contributed by atoms with Crippen molar-refractivity contribution in [3.63, 3.8) is 0 Å². The number of fused-ring (bicyclic) bond motifs is 2. The maximum absolute atomic E-state index is 5.42. The van der Waals surface area contributed by atoms with Crippen LogP contribution < -0.4 is 18.9 Å². The Hall–Kier alpha value is -2.95.